The summed E-state index contributed by atoms with van der Waals surface area (Å²) in [7, 11) is 0. The molecule has 0 saturated carbocycles. The Balaban J connectivity index is 0.000000339. The van der Waals surface area contributed by atoms with E-state index in [0.717, 1.165) is 0 Å². The molecule has 0 aliphatic carbocycles. The monoisotopic (exact) mass is 662 g/mol. The first-order valence-corrected chi connectivity index (χ1v) is 15.1. The van der Waals surface area contributed by atoms with Crippen LogP contribution in [0.2, 0.25) is 10.5 Å². The summed E-state index contributed by atoms with van der Waals surface area (Å²) in [6.45, 7) is 6.69. The molecule has 0 unspecified atom stereocenters. The van der Waals surface area contributed by atoms with E-state index in [1.54, 1.807) is 0 Å². The molecule has 2 radical (unpaired) electrons. The van der Waals surface area contributed by atoms with Crippen molar-refractivity contribution in [1.82, 2.24) is 0 Å². The van der Waals surface area contributed by atoms with E-state index in [-0.39, 0.29) is 51.0 Å². The molecule has 0 bridgehead atoms. The van der Waals surface area contributed by atoms with Gasteiger partial charge in [-0.1, -0.05) is 67.1 Å². The third-order valence-corrected chi connectivity index (χ3v) is 8.12. The second-order valence-electron chi connectivity index (χ2n) is 8.48. The molecule has 37 heavy (non-hydrogen) atoms. The van der Waals surface area contributed by atoms with Gasteiger partial charge in [-0.2, -0.15) is 23.6 Å². The molecule has 4 heteroatoms. The van der Waals surface area contributed by atoms with E-state index in [9.17, 15) is 0 Å². The molecule has 0 aromatic heterocycles. The van der Waals surface area contributed by atoms with Gasteiger partial charge in [0.05, 0.1) is 0 Å². The molecule has 0 fully saturated rings. The predicted molar refractivity (Wildman–Crippen MR) is 153 cm³/mol. The third kappa shape index (κ3) is 8.69. The molecular formula is C33H32Cl2GeZr. The zero-order valence-electron chi connectivity index (χ0n) is 21.6. The van der Waals surface area contributed by atoms with Crippen LogP contribution in [0.1, 0.15) is 19.4 Å². The molecule has 0 aliphatic rings. The van der Waals surface area contributed by atoms with Crippen molar-refractivity contribution in [1.29, 1.82) is 0 Å². The summed E-state index contributed by atoms with van der Waals surface area (Å²) in [5, 5.41) is 10.9. The van der Waals surface area contributed by atoms with Gasteiger partial charge in [0.2, 0.25) is 0 Å². The van der Waals surface area contributed by atoms with Gasteiger partial charge in [0.1, 0.15) is 0 Å². The van der Waals surface area contributed by atoms with E-state index < -0.39 is 0 Å². The first-order chi connectivity index (χ1) is 16.7. The number of benzene rings is 4. The SMILES string of the molecule is C[CH2][Ge][CH2]C.Cc1cc2c(-c3cccc4ccccc34)cccc2[cH-]1.[Cl-].[Cl-].[Zr+4].c1ccc2[cH-]ccc2c1. The molecule has 0 amide bonds. The fourth-order valence-electron chi connectivity index (χ4n) is 4.40. The second kappa shape index (κ2) is 17.1. The van der Waals surface area contributed by atoms with Gasteiger partial charge in [0.25, 0.3) is 0 Å². The molecular weight excluding hydrogens is 631 g/mol. The van der Waals surface area contributed by atoms with Crippen molar-refractivity contribution in [2.75, 3.05) is 0 Å². The summed E-state index contributed by atoms with van der Waals surface area (Å²) in [5.74, 6) is 0. The quantitative estimate of drug-likeness (QED) is 0.200. The van der Waals surface area contributed by atoms with Crippen LogP contribution in [-0.4, -0.2) is 15.4 Å². The fraction of sp³-hybridized carbons (Fsp3) is 0.152. The number of hydrogen-bond donors (Lipinski definition) is 0. The molecule has 0 aliphatic heterocycles. The number of fused-ring (bicyclic) bond motifs is 3. The molecule has 0 spiro atoms. The number of hydrogen-bond acceptors (Lipinski definition) is 0. The van der Waals surface area contributed by atoms with Gasteiger partial charge in [-0.3, -0.25) is 0 Å². The van der Waals surface area contributed by atoms with Gasteiger partial charge in [0, 0.05) is 0 Å². The van der Waals surface area contributed by atoms with Crippen molar-refractivity contribution in [3.05, 3.63) is 121 Å². The van der Waals surface area contributed by atoms with E-state index in [2.05, 4.69) is 136 Å². The van der Waals surface area contributed by atoms with Crippen molar-refractivity contribution in [2.24, 2.45) is 0 Å². The minimum Gasteiger partial charge on any atom is -1.00 e. The summed E-state index contributed by atoms with van der Waals surface area (Å²) in [4.78, 5) is 0. The van der Waals surface area contributed by atoms with E-state index in [1.165, 1.54) is 59.5 Å². The van der Waals surface area contributed by atoms with Crippen molar-refractivity contribution in [3.8, 4) is 11.1 Å². The summed E-state index contributed by atoms with van der Waals surface area (Å²) >= 11 is 0.528. The molecule has 0 N–H and O–H groups in total. The van der Waals surface area contributed by atoms with Crippen LogP contribution in [0, 0.1) is 6.92 Å². The van der Waals surface area contributed by atoms with Gasteiger partial charge < -0.3 is 24.8 Å². The zero-order chi connectivity index (χ0) is 23.8. The molecule has 6 aromatic carbocycles. The van der Waals surface area contributed by atoms with E-state index in [0.29, 0.717) is 15.4 Å². The standard InChI is InChI=1S/C20H15.C9H7.C4H10Ge.2ClH.Zr/c1-14-12-16-8-5-11-19(20(16)13-14)18-10-4-7-15-6-2-3-9-17(15)18;1-2-5-9-7-3-6-8(9)4-1;1-3-5-4-2;;;/h2-13H,1H3;1-7H;3-4H2,1-2H3;2*1H;/q2*-1;;;;+4/p-2. The minimum atomic E-state index is 0. The Morgan fingerprint density at radius 3 is 1.86 bits per heavy atom. The Morgan fingerprint density at radius 2 is 1.19 bits per heavy atom. The first-order valence-electron chi connectivity index (χ1n) is 12.2. The number of halogens is 2. The van der Waals surface area contributed by atoms with Crippen molar-refractivity contribution < 1.29 is 51.0 Å². The second-order valence-corrected chi connectivity index (χ2v) is 12.5. The van der Waals surface area contributed by atoms with Gasteiger partial charge in [-0.25, -0.2) is 0 Å². The van der Waals surface area contributed by atoms with Crippen LogP contribution < -0.4 is 24.8 Å². The Kier molecular flexibility index (Phi) is 15.4. The average molecular weight is 663 g/mol. The Labute approximate surface area is 260 Å². The smallest absolute Gasteiger partial charge is 1.00 e. The first kappa shape index (κ1) is 33.4. The van der Waals surface area contributed by atoms with Crippen LogP contribution in [0.5, 0.6) is 0 Å². The minimum absolute atomic E-state index is 0. The van der Waals surface area contributed by atoms with Crippen molar-refractivity contribution >= 4 is 47.7 Å². The Morgan fingerprint density at radius 1 is 0.622 bits per heavy atom. The molecule has 186 valence electrons. The maximum atomic E-state index is 2.28. The van der Waals surface area contributed by atoms with E-state index in [1.807, 2.05) is 0 Å². The summed E-state index contributed by atoms with van der Waals surface area (Å²) in [5.41, 5.74) is 3.97. The van der Waals surface area contributed by atoms with E-state index in [4.69, 9.17) is 0 Å². The van der Waals surface area contributed by atoms with Gasteiger partial charge in [-0.05, 0) is 16.3 Å². The molecule has 0 atom stereocenters. The van der Waals surface area contributed by atoms with Crippen LogP contribution in [-0.2, 0) is 26.2 Å². The van der Waals surface area contributed by atoms with Crippen LogP contribution in [0.4, 0.5) is 0 Å². The molecule has 0 saturated heterocycles. The predicted octanol–water partition coefficient (Wildman–Crippen LogP) is 3.82. The summed E-state index contributed by atoms with van der Waals surface area (Å²) in [6.07, 6.45) is 0. The van der Waals surface area contributed by atoms with Crippen LogP contribution in [0.25, 0.3) is 43.4 Å². The van der Waals surface area contributed by atoms with Crippen molar-refractivity contribution in [2.45, 2.75) is 31.3 Å². The number of aryl methyl sites for hydroxylation is 1. The normalized spacial score (nSPS) is 9.70. The van der Waals surface area contributed by atoms with E-state index >= 15 is 0 Å². The molecule has 6 aromatic rings. The number of rotatable bonds is 3. The average Bonchev–Trinajstić information content (AvgIpc) is 3.50. The van der Waals surface area contributed by atoms with Gasteiger partial charge in [-0.15, -0.1) is 64.2 Å². The summed E-state index contributed by atoms with van der Waals surface area (Å²) < 4.78 is 0. The molecule has 0 heterocycles. The molecule has 6 rings (SSSR count). The van der Waals surface area contributed by atoms with Gasteiger partial charge in [0.15, 0.2) is 0 Å². The zero-order valence-corrected chi connectivity index (χ0v) is 27.7. The maximum absolute atomic E-state index is 2.28. The fourth-order valence-corrected chi connectivity index (χ4v) is 5.45. The van der Waals surface area contributed by atoms with Crippen LogP contribution in [0.15, 0.2) is 115 Å². The summed E-state index contributed by atoms with van der Waals surface area (Å²) in [6, 6.07) is 40.9. The molecule has 0 nitrogen and oxygen atoms in total. The third-order valence-electron chi connectivity index (χ3n) is 6.02. The topological polar surface area (TPSA) is 0 Å². The Hall–Kier alpha value is -1.63. The van der Waals surface area contributed by atoms with Crippen LogP contribution >= 0.6 is 0 Å². The largest absolute Gasteiger partial charge is 4.00 e. The van der Waals surface area contributed by atoms with Crippen LogP contribution in [0.3, 0.4) is 0 Å². The van der Waals surface area contributed by atoms with Gasteiger partial charge >= 0.3 is 66.0 Å². The Bertz CT molecular complexity index is 1440. The van der Waals surface area contributed by atoms with Crippen molar-refractivity contribution in [3.63, 3.8) is 0 Å². The maximum Gasteiger partial charge on any atom is 4.00 e.